The van der Waals surface area contributed by atoms with Crippen LogP contribution in [0.5, 0.6) is 5.75 Å². The maximum Gasteiger partial charge on any atom is 0.127 e. The first-order valence-electron chi connectivity index (χ1n) is 4.54. The van der Waals surface area contributed by atoms with Crippen LogP contribution in [-0.2, 0) is 0 Å². The lowest BCUT2D eigenvalue weighted by Gasteiger charge is -2.16. The molecular formula is C10H14N2O. The summed E-state index contributed by atoms with van der Waals surface area (Å²) in [6.07, 6.45) is 0.113. The van der Waals surface area contributed by atoms with Gasteiger partial charge in [-0.1, -0.05) is 18.2 Å². The van der Waals surface area contributed by atoms with Crippen molar-refractivity contribution in [2.75, 3.05) is 13.1 Å². The van der Waals surface area contributed by atoms with Crippen LogP contribution in [0.25, 0.3) is 0 Å². The van der Waals surface area contributed by atoms with Gasteiger partial charge in [0.2, 0.25) is 0 Å². The molecule has 1 saturated heterocycles. The van der Waals surface area contributed by atoms with E-state index in [2.05, 4.69) is 5.32 Å². The van der Waals surface area contributed by atoms with Crippen molar-refractivity contribution in [1.29, 1.82) is 0 Å². The first-order chi connectivity index (χ1) is 6.36. The highest BCUT2D eigenvalue weighted by Gasteiger charge is 2.24. The Morgan fingerprint density at radius 2 is 2.00 bits per heavy atom. The molecule has 13 heavy (non-hydrogen) atoms. The van der Waals surface area contributed by atoms with Crippen molar-refractivity contribution in [3.8, 4) is 5.75 Å². The summed E-state index contributed by atoms with van der Waals surface area (Å²) >= 11 is 0. The average molecular weight is 178 g/mol. The number of nitrogens with two attached hydrogens (primary N) is 1. The van der Waals surface area contributed by atoms with E-state index in [1.165, 1.54) is 0 Å². The fourth-order valence-corrected chi connectivity index (χ4v) is 1.48. The Morgan fingerprint density at radius 1 is 1.23 bits per heavy atom. The quantitative estimate of drug-likeness (QED) is 0.687. The second kappa shape index (κ2) is 3.77. The maximum absolute atomic E-state index is 5.84. The van der Waals surface area contributed by atoms with Crippen molar-refractivity contribution in [2.45, 2.75) is 12.1 Å². The molecule has 3 N–H and O–H groups in total. The number of hydrogen-bond donors (Lipinski definition) is 2. The van der Waals surface area contributed by atoms with E-state index in [1.807, 2.05) is 30.3 Å². The van der Waals surface area contributed by atoms with Crippen molar-refractivity contribution >= 4 is 0 Å². The van der Waals surface area contributed by atoms with Gasteiger partial charge in [-0.15, -0.1) is 0 Å². The smallest absolute Gasteiger partial charge is 0.127 e. The molecule has 0 aliphatic carbocycles. The molecule has 3 heteroatoms. The van der Waals surface area contributed by atoms with E-state index in [4.69, 9.17) is 10.5 Å². The van der Waals surface area contributed by atoms with E-state index in [0.29, 0.717) is 0 Å². The summed E-state index contributed by atoms with van der Waals surface area (Å²) in [7, 11) is 0. The van der Waals surface area contributed by atoms with Gasteiger partial charge < -0.3 is 15.8 Å². The second-order valence-electron chi connectivity index (χ2n) is 3.29. The van der Waals surface area contributed by atoms with Crippen LogP contribution in [0.3, 0.4) is 0 Å². The van der Waals surface area contributed by atoms with E-state index in [9.17, 15) is 0 Å². The molecule has 0 saturated carbocycles. The van der Waals surface area contributed by atoms with Crippen LogP contribution in [-0.4, -0.2) is 25.2 Å². The van der Waals surface area contributed by atoms with Crippen LogP contribution in [0, 0.1) is 0 Å². The van der Waals surface area contributed by atoms with Crippen LogP contribution >= 0.6 is 0 Å². The van der Waals surface area contributed by atoms with Gasteiger partial charge in [0.05, 0.1) is 6.04 Å². The number of rotatable bonds is 2. The molecule has 1 aliphatic rings. The standard InChI is InChI=1S/C10H14N2O/c11-9-6-12-7-10(9)13-8-4-2-1-3-5-8/h1-5,9-10,12H,6-7,11H2/t9-,10-/m0/s1. The van der Waals surface area contributed by atoms with Crippen molar-refractivity contribution in [3.63, 3.8) is 0 Å². The molecule has 0 radical (unpaired) electrons. The molecule has 1 fully saturated rings. The maximum atomic E-state index is 5.84. The number of ether oxygens (including phenoxy) is 1. The fraction of sp³-hybridized carbons (Fsp3) is 0.400. The van der Waals surface area contributed by atoms with E-state index < -0.39 is 0 Å². The van der Waals surface area contributed by atoms with Gasteiger partial charge in [0, 0.05) is 13.1 Å². The predicted octanol–water partition coefficient (Wildman–Crippen LogP) is 0.364. The first kappa shape index (κ1) is 8.53. The fourth-order valence-electron chi connectivity index (χ4n) is 1.48. The summed E-state index contributed by atoms with van der Waals surface area (Å²) < 4.78 is 5.70. The molecule has 0 spiro atoms. The zero-order valence-electron chi connectivity index (χ0n) is 7.44. The highest BCUT2D eigenvalue weighted by molar-refractivity contribution is 5.21. The van der Waals surface area contributed by atoms with Gasteiger partial charge in [0.15, 0.2) is 0 Å². The Hall–Kier alpha value is -1.06. The molecule has 0 aromatic heterocycles. The van der Waals surface area contributed by atoms with Crippen molar-refractivity contribution in [1.82, 2.24) is 5.32 Å². The summed E-state index contributed by atoms with van der Waals surface area (Å²) in [6.45, 7) is 1.69. The van der Waals surface area contributed by atoms with Gasteiger partial charge in [-0.05, 0) is 12.1 Å². The van der Waals surface area contributed by atoms with Crippen LogP contribution in [0.4, 0.5) is 0 Å². The normalized spacial score (nSPS) is 27.5. The Bertz CT molecular complexity index is 263. The summed E-state index contributed by atoms with van der Waals surface area (Å²) in [5, 5.41) is 3.19. The Labute approximate surface area is 77.9 Å². The number of para-hydroxylation sites is 1. The van der Waals surface area contributed by atoms with Gasteiger partial charge >= 0.3 is 0 Å². The van der Waals surface area contributed by atoms with E-state index >= 15 is 0 Å². The lowest BCUT2D eigenvalue weighted by molar-refractivity contribution is 0.205. The van der Waals surface area contributed by atoms with Crippen LogP contribution in [0.15, 0.2) is 30.3 Å². The van der Waals surface area contributed by atoms with Crippen LogP contribution in [0.1, 0.15) is 0 Å². The molecule has 0 bridgehead atoms. The zero-order valence-corrected chi connectivity index (χ0v) is 7.44. The largest absolute Gasteiger partial charge is 0.487 e. The van der Waals surface area contributed by atoms with Crippen molar-refractivity contribution < 1.29 is 4.74 Å². The Kier molecular flexibility index (Phi) is 2.47. The van der Waals surface area contributed by atoms with Gasteiger partial charge in [-0.3, -0.25) is 0 Å². The van der Waals surface area contributed by atoms with E-state index in [0.717, 1.165) is 18.8 Å². The highest BCUT2D eigenvalue weighted by Crippen LogP contribution is 2.13. The minimum absolute atomic E-state index is 0.111. The third-order valence-corrected chi connectivity index (χ3v) is 2.23. The van der Waals surface area contributed by atoms with Gasteiger partial charge in [-0.2, -0.15) is 0 Å². The van der Waals surface area contributed by atoms with E-state index in [1.54, 1.807) is 0 Å². The van der Waals surface area contributed by atoms with Crippen molar-refractivity contribution in [2.24, 2.45) is 5.73 Å². The molecule has 2 rings (SSSR count). The van der Waals surface area contributed by atoms with Gasteiger partial charge in [-0.25, -0.2) is 0 Å². The minimum atomic E-state index is 0.111. The number of nitrogens with one attached hydrogen (secondary N) is 1. The molecule has 1 aliphatic heterocycles. The molecular weight excluding hydrogens is 164 g/mol. The minimum Gasteiger partial charge on any atom is -0.487 e. The third-order valence-electron chi connectivity index (χ3n) is 2.23. The lowest BCUT2D eigenvalue weighted by Crippen LogP contribution is -2.37. The molecule has 3 nitrogen and oxygen atoms in total. The summed E-state index contributed by atoms with van der Waals surface area (Å²) in [4.78, 5) is 0. The first-order valence-corrected chi connectivity index (χ1v) is 4.54. The lowest BCUT2D eigenvalue weighted by atomic mass is 10.2. The average Bonchev–Trinajstić information content (AvgIpc) is 2.54. The van der Waals surface area contributed by atoms with Gasteiger partial charge in [0.25, 0.3) is 0 Å². The summed E-state index contributed by atoms with van der Waals surface area (Å²) in [5.74, 6) is 0.895. The van der Waals surface area contributed by atoms with Crippen molar-refractivity contribution in [3.05, 3.63) is 30.3 Å². The molecule has 0 amide bonds. The van der Waals surface area contributed by atoms with Gasteiger partial charge in [0.1, 0.15) is 11.9 Å². The number of benzene rings is 1. The highest BCUT2D eigenvalue weighted by atomic mass is 16.5. The summed E-state index contributed by atoms with van der Waals surface area (Å²) in [5.41, 5.74) is 5.84. The number of hydrogen-bond acceptors (Lipinski definition) is 3. The zero-order chi connectivity index (χ0) is 9.10. The monoisotopic (exact) mass is 178 g/mol. The molecule has 1 aromatic carbocycles. The predicted molar refractivity (Wildman–Crippen MR) is 51.7 cm³/mol. The molecule has 1 heterocycles. The summed E-state index contributed by atoms with van der Waals surface area (Å²) in [6, 6.07) is 9.91. The second-order valence-corrected chi connectivity index (χ2v) is 3.29. The Balaban J connectivity index is 1.98. The third kappa shape index (κ3) is 1.99. The Morgan fingerprint density at radius 3 is 2.62 bits per heavy atom. The van der Waals surface area contributed by atoms with Crippen LogP contribution < -0.4 is 15.8 Å². The molecule has 70 valence electrons. The topological polar surface area (TPSA) is 47.3 Å². The SMILES string of the molecule is N[C@H]1CNC[C@@H]1Oc1ccccc1. The molecule has 2 atom stereocenters. The van der Waals surface area contributed by atoms with Crippen LogP contribution in [0.2, 0.25) is 0 Å². The van der Waals surface area contributed by atoms with E-state index in [-0.39, 0.29) is 12.1 Å². The molecule has 0 unspecified atom stereocenters. The molecule has 1 aromatic rings.